The molecule has 0 heterocycles. The molecule has 31 aromatic rings. The molecule has 0 aliphatic heterocycles. The molecule has 0 amide bonds. The summed E-state index contributed by atoms with van der Waals surface area (Å²) >= 11 is 0. The average Bonchev–Trinajstić information content (AvgIpc) is 0.737. The maximum atomic E-state index is 6.04. The fourth-order valence-electron chi connectivity index (χ4n) is 22.3. The normalized spacial score (nSPS) is 11.5. The molecule has 0 atom stereocenters. The van der Waals surface area contributed by atoms with E-state index in [0.717, 1.165) is 17.1 Å². The zero-order chi connectivity index (χ0) is 94.6. The van der Waals surface area contributed by atoms with Crippen LogP contribution in [0.15, 0.2) is 558 Å². The van der Waals surface area contributed by atoms with Crippen LogP contribution in [0, 0.1) is 0 Å². The molecule has 0 bridgehead atoms. The quantitative estimate of drug-likeness (QED) is 0.138. The van der Waals surface area contributed by atoms with Crippen LogP contribution in [0.1, 0.15) is 0 Å². The third-order valence-electron chi connectivity index (χ3n) is 29.1. The topological polar surface area (TPSA) is 9.23 Å². The first-order chi connectivity index (χ1) is 70.9. The summed E-state index contributed by atoms with van der Waals surface area (Å²) in [6, 6.07) is 200. The van der Waals surface area contributed by atoms with Crippen molar-refractivity contribution < 1.29 is 4.74 Å². The summed E-state index contributed by atoms with van der Waals surface area (Å²) in [5.74, 6) is 1.69. The molecule has 0 N–H and O–H groups in total. The number of hydrogen-bond donors (Lipinski definition) is 0. The lowest BCUT2D eigenvalue weighted by molar-refractivity contribution is 0.483. The van der Waals surface area contributed by atoms with Gasteiger partial charge in [-0.05, 0) is 315 Å². The molecular weight excluding hydrogens is 1720 g/mol. The SMILES string of the molecule is c1ccc(-c2ccc3ccc4cccc5ccc2c3c45)cc1.c1ccc(Oc2cccc(-c3cc4ccc5cccc6ccc(c3)c4c56)c2)cc1.c1ccc2c(-c3ccc4ccc5cccc6ccc3c4c56)cccc2c1.c1ccc2c(-c3cccc4ccccc34)cccc2c1.c1ccc2cc(-c3ccc4ccc5cccc6ccc3c4c56)ccc2c1.c1ccc2cc(-c3ccc4ccccc4c3)ccc2c1. The largest absolute Gasteiger partial charge is 0.457 e. The van der Waals surface area contributed by atoms with Gasteiger partial charge in [-0.2, -0.15) is 0 Å². The molecule has 1 heteroatoms. The van der Waals surface area contributed by atoms with Gasteiger partial charge in [-0.3, -0.25) is 0 Å². The predicted octanol–water partition coefficient (Wildman–Crippen LogP) is 40.4. The number of ether oxygens (including phenoxy) is 1. The van der Waals surface area contributed by atoms with Crippen LogP contribution in [-0.2, 0) is 0 Å². The van der Waals surface area contributed by atoms with Gasteiger partial charge in [0.2, 0.25) is 0 Å². The molecule has 1 nitrogen and oxygen atoms in total. The summed E-state index contributed by atoms with van der Waals surface area (Å²) in [4.78, 5) is 0. The second-order valence-electron chi connectivity index (χ2n) is 37.5. The van der Waals surface area contributed by atoms with Crippen LogP contribution >= 0.6 is 0 Å². The summed E-state index contributed by atoms with van der Waals surface area (Å²) in [6.45, 7) is 0. The molecule has 0 unspecified atom stereocenters. The minimum atomic E-state index is 0.846. The van der Waals surface area contributed by atoms with E-state index in [1.807, 2.05) is 36.4 Å². The third-order valence-corrected chi connectivity index (χ3v) is 29.1. The molecule has 0 aromatic heterocycles. The number of rotatable bonds is 8. The van der Waals surface area contributed by atoms with Gasteiger partial charge in [0.15, 0.2) is 0 Å². The van der Waals surface area contributed by atoms with Crippen molar-refractivity contribution in [2.75, 3.05) is 0 Å². The Morgan fingerprint density at radius 2 is 0.315 bits per heavy atom. The van der Waals surface area contributed by atoms with Gasteiger partial charge in [-0.25, -0.2) is 0 Å². The number of fused-ring (bicyclic) bond motifs is 6. The molecule has 31 aromatic carbocycles. The van der Waals surface area contributed by atoms with E-state index in [2.05, 4.69) is 522 Å². The van der Waals surface area contributed by atoms with Gasteiger partial charge in [0.25, 0.3) is 0 Å². The molecule has 143 heavy (non-hydrogen) atoms. The highest BCUT2D eigenvalue weighted by molar-refractivity contribution is 6.30. The zero-order valence-electron chi connectivity index (χ0n) is 78.5. The highest BCUT2D eigenvalue weighted by Gasteiger charge is 2.20. The van der Waals surface area contributed by atoms with Gasteiger partial charge in [-0.15, -0.1) is 0 Å². The third kappa shape index (κ3) is 16.0. The van der Waals surface area contributed by atoms with Crippen LogP contribution in [0.5, 0.6) is 11.5 Å². The highest BCUT2D eigenvalue weighted by atomic mass is 16.5. The maximum absolute atomic E-state index is 6.04. The van der Waals surface area contributed by atoms with Crippen LogP contribution in [0.3, 0.4) is 0 Å². The lowest BCUT2D eigenvalue weighted by Crippen LogP contribution is -1.88. The fraction of sp³-hybridized carbons (Fsp3) is 0. The van der Waals surface area contributed by atoms with E-state index < -0.39 is 0 Å². The first kappa shape index (κ1) is 84.8. The first-order valence-corrected chi connectivity index (χ1v) is 49.4. The van der Waals surface area contributed by atoms with Crippen molar-refractivity contribution in [3.63, 3.8) is 0 Å². The fourth-order valence-corrected chi connectivity index (χ4v) is 22.3. The van der Waals surface area contributed by atoms with Crippen LogP contribution in [0.2, 0.25) is 0 Å². The van der Waals surface area contributed by atoms with Crippen molar-refractivity contribution in [3.8, 4) is 78.3 Å². The van der Waals surface area contributed by atoms with Crippen molar-refractivity contribution in [3.05, 3.63) is 558 Å². The van der Waals surface area contributed by atoms with Gasteiger partial charge >= 0.3 is 0 Å². The Labute approximate surface area is 828 Å². The van der Waals surface area contributed by atoms with Crippen molar-refractivity contribution in [1.82, 2.24) is 0 Å². The van der Waals surface area contributed by atoms with Crippen molar-refractivity contribution in [2.24, 2.45) is 0 Å². The molecule has 0 spiro atoms. The van der Waals surface area contributed by atoms with Crippen LogP contribution < -0.4 is 4.74 Å². The second kappa shape index (κ2) is 36.7. The Hall–Kier alpha value is -18.7. The number of para-hydroxylation sites is 1. The number of benzene rings is 31. The van der Waals surface area contributed by atoms with Gasteiger partial charge in [0.05, 0.1) is 0 Å². The lowest BCUT2D eigenvalue weighted by Gasteiger charge is -2.15. The van der Waals surface area contributed by atoms with Gasteiger partial charge < -0.3 is 4.74 Å². The van der Waals surface area contributed by atoms with Crippen LogP contribution in [0.25, 0.3) is 261 Å². The van der Waals surface area contributed by atoms with E-state index in [4.69, 9.17) is 4.74 Å². The highest BCUT2D eigenvalue weighted by Crippen LogP contribution is 2.47. The molecule has 0 aliphatic rings. The summed E-state index contributed by atoms with van der Waals surface area (Å²) in [5, 5.41) is 47.5. The maximum Gasteiger partial charge on any atom is 0.128 e. The van der Waals surface area contributed by atoms with E-state index in [9.17, 15) is 0 Å². The van der Waals surface area contributed by atoms with E-state index in [1.54, 1.807) is 0 Å². The van der Waals surface area contributed by atoms with Crippen molar-refractivity contribution in [1.29, 1.82) is 0 Å². The Morgan fingerprint density at radius 3 is 0.720 bits per heavy atom. The van der Waals surface area contributed by atoms with E-state index in [-0.39, 0.29) is 0 Å². The predicted molar refractivity (Wildman–Crippen MR) is 618 cm³/mol. The summed E-state index contributed by atoms with van der Waals surface area (Å²) in [7, 11) is 0. The second-order valence-corrected chi connectivity index (χ2v) is 37.5. The summed E-state index contributed by atoms with van der Waals surface area (Å²) in [6.07, 6.45) is 0. The minimum Gasteiger partial charge on any atom is -0.457 e. The molecule has 666 valence electrons. The van der Waals surface area contributed by atoms with Gasteiger partial charge in [0.1, 0.15) is 11.5 Å². The van der Waals surface area contributed by atoms with E-state index in [0.29, 0.717) is 0 Å². The zero-order valence-corrected chi connectivity index (χ0v) is 78.5. The average molecular weight is 1810 g/mol. The van der Waals surface area contributed by atoms with E-state index >= 15 is 0 Å². The molecule has 0 aliphatic carbocycles. The molecule has 0 radical (unpaired) electrons. The number of hydrogen-bond acceptors (Lipinski definition) is 1. The summed E-state index contributed by atoms with van der Waals surface area (Å²) in [5.41, 5.74) is 15.3. The standard InChI is InChI=1S/C28H18O.2C26H16.C22H14.2C20H14/c1-2-9-25(10-3-1)29-26-11-5-8-21(18-26)24-16-22-14-12-19-6-4-7-20-13-15-23(17-24)28(22)27(19)20;1-2-9-21-17(5-1)6-4-10-22(21)23-15-13-20-12-11-18-7-3-8-19-14-16-24(23)26(20)25(18)19;1-2-5-21-16-22(11-8-17(21)4-1)23-14-12-20-10-9-18-6-3-7-19-13-15-24(23)26(20)25(18)19;1-2-5-15(6-3-1)19-13-11-18-10-9-16-7-4-8-17-12-14-20(19)22(18)21(16)17;1-3-11-17-15(7-1)9-5-13-19(17)20-14-6-10-16-8-2-4-12-18(16)20;1-3-7-17-13-19(11-9-15(17)5-1)20-12-10-16-6-2-4-8-18(16)14-20/h1-18H;2*1-16H;1-14H;2*1-14H. The lowest BCUT2D eigenvalue weighted by atomic mass is 9.88. The summed E-state index contributed by atoms with van der Waals surface area (Å²) < 4.78 is 6.04. The van der Waals surface area contributed by atoms with Crippen LogP contribution in [-0.4, -0.2) is 0 Å². The molecule has 0 fully saturated rings. The Morgan fingerprint density at radius 1 is 0.0909 bits per heavy atom. The van der Waals surface area contributed by atoms with Crippen LogP contribution in [0.4, 0.5) is 0 Å². The van der Waals surface area contributed by atoms with Gasteiger partial charge in [0, 0.05) is 0 Å². The van der Waals surface area contributed by atoms with Crippen molar-refractivity contribution >= 4 is 194 Å². The Kier molecular flexibility index (Phi) is 21.8. The monoisotopic (exact) mass is 1810 g/mol. The minimum absolute atomic E-state index is 0.846. The molecule has 0 saturated heterocycles. The first-order valence-electron chi connectivity index (χ1n) is 49.4. The molecule has 0 saturated carbocycles. The smallest absolute Gasteiger partial charge is 0.128 e. The van der Waals surface area contributed by atoms with E-state index in [1.165, 1.54) is 255 Å². The molecular formula is C142H92O. The molecule has 31 rings (SSSR count). The Bertz CT molecular complexity index is 9930. The van der Waals surface area contributed by atoms with Crippen molar-refractivity contribution in [2.45, 2.75) is 0 Å². The van der Waals surface area contributed by atoms with Gasteiger partial charge in [-0.1, -0.05) is 504 Å². The Balaban J connectivity index is 0.0000000882.